The Morgan fingerprint density at radius 3 is 2.76 bits per heavy atom. The van der Waals surface area contributed by atoms with Crippen LogP contribution in [0.4, 0.5) is 0 Å². The highest BCUT2D eigenvalue weighted by molar-refractivity contribution is 4.91. The van der Waals surface area contributed by atoms with E-state index in [2.05, 4.69) is 5.32 Å². The molecule has 1 atom stereocenters. The Bertz CT molecular complexity index is 214. The van der Waals surface area contributed by atoms with Crippen molar-refractivity contribution in [3.05, 3.63) is 0 Å². The maximum Gasteiger partial charge on any atom is 0.0687 e. The summed E-state index contributed by atoms with van der Waals surface area (Å²) >= 11 is 0. The molecule has 3 nitrogen and oxygen atoms in total. The van der Waals surface area contributed by atoms with Crippen LogP contribution < -0.4 is 5.32 Å². The normalized spacial score (nSPS) is 27.7. The van der Waals surface area contributed by atoms with E-state index in [9.17, 15) is 0 Å². The van der Waals surface area contributed by atoms with Gasteiger partial charge in [0, 0.05) is 13.7 Å². The average molecular weight is 241 g/mol. The molecule has 1 saturated carbocycles. The lowest BCUT2D eigenvalue weighted by Crippen LogP contribution is -2.32. The highest BCUT2D eigenvalue weighted by atomic mass is 16.5. The molecule has 2 aliphatic rings. The van der Waals surface area contributed by atoms with E-state index in [1.807, 2.05) is 0 Å². The van der Waals surface area contributed by atoms with Crippen LogP contribution in [0.15, 0.2) is 0 Å². The molecule has 1 aliphatic carbocycles. The molecule has 1 aliphatic heterocycles. The van der Waals surface area contributed by atoms with E-state index >= 15 is 0 Å². The van der Waals surface area contributed by atoms with Gasteiger partial charge in [0.05, 0.1) is 18.3 Å². The van der Waals surface area contributed by atoms with Gasteiger partial charge < -0.3 is 14.8 Å². The summed E-state index contributed by atoms with van der Waals surface area (Å²) in [6, 6.07) is 0. The van der Waals surface area contributed by atoms with Gasteiger partial charge in [-0.25, -0.2) is 0 Å². The third kappa shape index (κ3) is 3.94. The molecule has 3 heteroatoms. The van der Waals surface area contributed by atoms with Crippen LogP contribution in [0.5, 0.6) is 0 Å². The second-order valence-corrected chi connectivity index (χ2v) is 5.55. The Morgan fingerprint density at radius 2 is 2.00 bits per heavy atom. The van der Waals surface area contributed by atoms with Gasteiger partial charge in [-0.3, -0.25) is 0 Å². The van der Waals surface area contributed by atoms with Crippen molar-refractivity contribution in [2.24, 2.45) is 0 Å². The molecule has 0 aromatic rings. The van der Waals surface area contributed by atoms with E-state index in [1.165, 1.54) is 44.9 Å². The minimum atomic E-state index is 0.287. The zero-order valence-electron chi connectivity index (χ0n) is 11.2. The van der Waals surface area contributed by atoms with Crippen molar-refractivity contribution >= 4 is 0 Å². The lowest BCUT2D eigenvalue weighted by molar-refractivity contribution is -0.0652. The fourth-order valence-electron chi connectivity index (χ4n) is 3.22. The molecule has 100 valence electrons. The zero-order chi connectivity index (χ0) is 12.0. The van der Waals surface area contributed by atoms with E-state index in [1.54, 1.807) is 7.11 Å². The van der Waals surface area contributed by atoms with Gasteiger partial charge in [0.25, 0.3) is 0 Å². The molecular weight excluding hydrogens is 214 g/mol. The van der Waals surface area contributed by atoms with Crippen LogP contribution in [0, 0.1) is 0 Å². The summed E-state index contributed by atoms with van der Waals surface area (Å²) in [7, 11) is 1.74. The van der Waals surface area contributed by atoms with E-state index in [-0.39, 0.29) is 5.60 Å². The van der Waals surface area contributed by atoms with Crippen molar-refractivity contribution in [3.8, 4) is 0 Å². The van der Waals surface area contributed by atoms with Crippen molar-refractivity contribution in [3.63, 3.8) is 0 Å². The number of rotatable bonds is 6. The fourth-order valence-corrected chi connectivity index (χ4v) is 3.22. The first kappa shape index (κ1) is 13.3. The molecule has 0 radical (unpaired) electrons. The summed E-state index contributed by atoms with van der Waals surface area (Å²) in [6.07, 6.45) is 11.0. The summed E-state index contributed by atoms with van der Waals surface area (Å²) in [6.45, 7) is 2.81. The van der Waals surface area contributed by atoms with Crippen LogP contribution in [0.3, 0.4) is 0 Å². The first-order valence-corrected chi connectivity index (χ1v) is 7.22. The smallest absolute Gasteiger partial charge is 0.0687 e. The quantitative estimate of drug-likeness (QED) is 0.725. The van der Waals surface area contributed by atoms with Crippen molar-refractivity contribution in [2.45, 2.75) is 63.1 Å². The molecule has 0 amide bonds. The topological polar surface area (TPSA) is 30.5 Å². The molecule has 17 heavy (non-hydrogen) atoms. The number of nitrogens with one attached hydrogen (secondary N) is 1. The van der Waals surface area contributed by atoms with E-state index in [0.29, 0.717) is 6.10 Å². The van der Waals surface area contributed by atoms with Crippen molar-refractivity contribution in [1.82, 2.24) is 5.32 Å². The fraction of sp³-hybridized carbons (Fsp3) is 1.00. The second-order valence-electron chi connectivity index (χ2n) is 5.55. The van der Waals surface area contributed by atoms with E-state index in [4.69, 9.17) is 9.47 Å². The molecule has 1 saturated heterocycles. The van der Waals surface area contributed by atoms with Crippen LogP contribution in [-0.2, 0) is 9.47 Å². The molecule has 2 fully saturated rings. The summed E-state index contributed by atoms with van der Waals surface area (Å²) in [5.41, 5.74) is 0.287. The second kappa shape index (κ2) is 6.72. The van der Waals surface area contributed by atoms with Crippen LogP contribution >= 0.6 is 0 Å². The summed E-state index contributed by atoms with van der Waals surface area (Å²) in [5, 5.41) is 3.40. The van der Waals surface area contributed by atoms with E-state index < -0.39 is 0 Å². The summed E-state index contributed by atoms with van der Waals surface area (Å²) < 4.78 is 11.3. The van der Waals surface area contributed by atoms with Gasteiger partial charge in [0.1, 0.15) is 0 Å². The largest absolute Gasteiger partial charge is 0.383 e. The van der Waals surface area contributed by atoms with Crippen LogP contribution in [0.25, 0.3) is 0 Å². The first-order chi connectivity index (χ1) is 8.35. The Hall–Kier alpha value is -0.120. The van der Waals surface area contributed by atoms with E-state index in [0.717, 1.165) is 26.1 Å². The van der Waals surface area contributed by atoms with Crippen LogP contribution in [0.1, 0.15) is 51.4 Å². The molecule has 1 heterocycles. The van der Waals surface area contributed by atoms with Gasteiger partial charge in [-0.05, 0) is 38.6 Å². The zero-order valence-corrected chi connectivity index (χ0v) is 11.2. The third-order valence-electron chi connectivity index (χ3n) is 4.23. The SMILES string of the molecule is COCCNCCC1CCC2(CCCCC2)O1. The van der Waals surface area contributed by atoms with Crippen LogP contribution in [-0.4, -0.2) is 38.5 Å². The minimum Gasteiger partial charge on any atom is -0.383 e. The Balaban J connectivity index is 1.60. The van der Waals surface area contributed by atoms with Gasteiger partial charge in [-0.15, -0.1) is 0 Å². The molecule has 0 aromatic carbocycles. The van der Waals surface area contributed by atoms with Crippen molar-refractivity contribution in [2.75, 3.05) is 26.8 Å². The molecule has 0 bridgehead atoms. The predicted molar refractivity (Wildman–Crippen MR) is 69.3 cm³/mol. The highest BCUT2D eigenvalue weighted by Crippen LogP contribution is 2.42. The van der Waals surface area contributed by atoms with Gasteiger partial charge in [-0.2, -0.15) is 0 Å². The predicted octanol–water partition coefficient (Wildman–Crippen LogP) is 2.49. The first-order valence-electron chi connectivity index (χ1n) is 7.22. The number of ether oxygens (including phenoxy) is 2. The highest BCUT2D eigenvalue weighted by Gasteiger charge is 2.40. The molecular formula is C14H27NO2. The molecule has 1 unspecified atom stereocenters. The Kier molecular flexibility index (Phi) is 5.26. The van der Waals surface area contributed by atoms with Gasteiger partial charge in [0.2, 0.25) is 0 Å². The van der Waals surface area contributed by atoms with Gasteiger partial charge in [-0.1, -0.05) is 19.3 Å². The van der Waals surface area contributed by atoms with Gasteiger partial charge in [0.15, 0.2) is 0 Å². The lowest BCUT2D eigenvalue weighted by Gasteiger charge is -2.33. The Morgan fingerprint density at radius 1 is 1.18 bits per heavy atom. The number of hydrogen-bond donors (Lipinski definition) is 1. The van der Waals surface area contributed by atoms with Crippen molar-refractivity contribution < 1.29 is 9.47 Å². The maximum atomic E-state index is 6.33. The van der Waals surface area contributed by atoms with Gasteiger partial charge >= 0.3 is 0 Å². The Labute approximate surface area is 105 Å². The molecule has 1 N–H and O–H groups in total. The van der Waals surface area contributed by atoms with Crippen molar-refractivity contribution in [1.29, 1.82) is 0 Å². The van der Waals surface area contributed by atoms with Crippen LogP contribution in [0.2, 0.25) is 0 Å². The maximum absolute atomic E-state index is 6.33. The third-order valence-corrected chi connectivity index (χ3v) is 4.23. The molecule has 1 spiro atoms. The lowest BCUT2D eigenvalue weighted by atomic mass is 9.83. The summed E-state index contributed by atoms with van der Waals surface area (Å²) in [5.74, 6) is 0. The molecule has 2 rings (SSSR count). The summed E-state index contributed by atoms with van der Waals surface area (Å²) in [4.78, 5) is 0. The monoisotopic (exact) mass is 241 g/mol. The molecule has 0 aromatic heterocycles. The number of hydrogen-bond acceptors (Lipinski definition) is 3. The minimum absolute atomic E-state index is 0.287. The standard InChI is InChI=1S/C14H27NO2/c1-16-12-11-15-10-6-13-5-9-14(17-13)7-3-2-4-8-14/h13,15H,2-12H2,1H3. The number of methoxy groups -OCH3 is 1. The average Bonchev–Trinajstić information content (AvgIpc) is 2.73.